The van der Waals surface area contributed by atoms with Gasteiger partial charge in [0.2, 0.25) is 0 Å². The van der Waals surface area contributed by atoms with E-state index in [-0.39, 0.29) is 0 Å². The topological polar surface area (TPSA) is 26.0 Å². The van der Waals surface area contributed by atoms with Crippen molar-refractivity contribution in [2.24, 2.45) is 23.5 Å². The van der Waals surface area contributed by atoms with Crippen LogP contribution in [0.4, 0.5) is 0 Å². The summed E-state index contributed by atoms with van der Waals surface area (Å²) in [4.78, 5) is 0. The van der Waals surface area contributed by atoms with Gasteiger partial charge in [-0.2, -0.15) is 0 Å². The van der Waals surface area contributed by atoms with Crippen molar-refractivity contribution in [3.63, 3.8) is 0 Å². The maximum Gasteiger partial charge on any atom is 0.00363 e. The molecule has 0 amide bonds. The third-order valence-electron chi connectivity index (χ3n) is 4.18. The number of nitrogens with two attached hydrogens (primary N) is 1. The second-order valence-electron chi connectivity index (χ2n) is 5.38. The summed E-state index contributed by atoms with van der Waals surface area (Å²) in [5.74, 6) is 2.86. The minimum absolute atomic E-state index is 0.449. The van der Waals surface area contributed by atoms with Crippen molar-refractivity contribution >= 4 is 0 Å². The molecule has 2 N–H and O–H groups in total. The predicted molar refractivity (Wildman–Crippen MR) is 63.2 cm³/mol. The molecule has 0 aromatic carbocycles. The lowest BCUT2D eigenvalue weighted by atomic mass is 9.74. The fourth-order valence-electron chi connectivity index (χ4n) is 2.58. The molecule has 1 aliphatic carbocycles. The summed E-state index contributed by atoms with van der Waals surface area (Å²) in [6.07, 6.45) is 8.07. The molecule has 0 aromatic rings. The van der Waals surface area contributed by atoms with Crippen molar-refractivity contribution in [3.05, 3.63) is 0 Å². The normalized spacial score (nSPS) is 35.6. The second-order valence-corrected chi connectivity index (χ2v) is 5.38. The largest absolute Gasteiger partial charge is 0.328 e. The van der Waals surface area contributed by atoms with Gasteiger partial charge in [-0.1, -0.05) is 33.6 Å². The van der Waals surface area contributed by atoms with Crippen molar-refractivity contribution < 1.29 is 0 Å². The third-order valence-corrected chi connectivity index (χ3v) is 4.18. The van der Waals surface area contributed by atoms with Crippen LogP contribution >= 0.6 is 0 Å². The minimum Gasteiger partial charge on any atom is -0.328 e. The lowest BCUT2D eigenvalue weighted by Gasteiger charge is -2.32. The highest BCUT2D eigenvalue weighted by atomic mass is 14.6. The SMILES string of the molecule is CCC(N)CCC1CCC(C)C(C)C1. The summed E-state index contributed by atoms with van der Waals surface area (Å²) >= 11 is 0. The summed E-state index contributed by atoms with van der Waals surface area (Å²) in [6, 6.07) is 0.449. The molecule has 1 rings (SSSR count). The van der Waals surface area contributed by atoms with E-state index in [4.69, 9.17) is 5.73 Å². The summed E-state index contributed by atoms with van der Waals surface area (Å²) in [5.41, 5.74) is 5.95. The first kappa shape index (κ1) is 12.0. The highest BCUT2D eigenvalue weighted by Gasteiger charge is 2.24. The molecule has 1 nitrogen and oxygen atoms in total. The molecule has 0 saturated heterocycles. The lowest BCUT2D eigenvalue weighted by Crippen LogP contribution is -2.24. The monoisotopic (exact) mass is 197 g/mol. The quantitative estimate of drug-likeness (QED) is 0.732. The molecule has 1 saturated carbocycles. The fourth-order valence-corrected chi connectivity index (χ4v) is 2.58. The Morgan fingerprint density at radius 2 is 1.93 bits per heavy atom. The van der Waals surface area contributed by atoms with Gasteiger partial charge in [0.25, 0.3) is 0 Å². The molecule has 0 radical (unpaired) electrons. The first-order chi connectivity index (χ1) is 6.63. The van der Waals surface area contributed by atoms with Gasteiger partial charge < -0.3 is 5.73 Å². The Kier molecular flexibility index (Phi) is 4.94. The first-order valence-electron chi connectivity index (χ1n) is 6.39. The standard InChI is InChI=1S/C13H27N/c1-4-13(14)8-7-12-6-5-10(2)11(3)9-12/h10-13H,4-9,14H2,1-3H3. The zero-order chi connectivity index (χ0) is 10.6. The van der Waals surface area contributed by atoms with Gasteiger partial charge >= 0.3 is 0 Å². The Labute approximate surface area is 89.5 Å². The zero-order valence-corrected chi connectivity index (χ0v) is 10.1. The molecule has 1 heteroatoms. The molecule has 84 valence electrons. The van der Waals surface area contributed by atoms with Crippen LogP contribution in [-0.4, -0.2) is 6.04 Å². The number of hydrogen-bond donors (Lipinski definition) is 1. The molecular formula is C13H27N. The fraction of sp³-hybridized carbons (Fsp3) is 1.00. The van der Waals surface area contributed by atoms with Crippen LogP contribution < -0.4 is 5.73 Å². The summed E-state index contributed by atoms with van der Waals surface area (Å²) in [5, 5.41) is 0. The van der Waals surface area contributed by atoms with Crippen LogP contribution in [0.15, 0.2) is 0 Å². The van der Waals surface area contributed by atoms with E-state index in [2.05, 4.69) is 20.8 Å². The minimum atomic E-state index is 0.449. The van der Waals surface area contributed by atoms with Crippen molar-refractivity contribution in [2.45, 2.75) is 65.3 Å². The van der Waals surface area contributed by atoms with Gasteiger partial charge in [-0.25, -0.2) is 0 Å². The maximum atomic E-state index is 5.95. The van der Waals surface area contributed by atoms with Crippen molar-refractivity contribution in [1.82, 2.24) is 0 Å². The highest BCUT2D eigenvalue weighted by molar-refractivity contribution is 4.76. The molecule has 0 aromatic heterocycles. The molecule has 1 aliphatic rings. The number of rotatable bonds is 4. The average molecular weight is 197 g/mol. The molecule has 14 heavy (non-hydrogen) atoms. The van der Waals surface area contributed by atoms with Crippen molar-refractivity contribution in [3.8, 4) is 0 Å². The summed E-state index contributed by atoms with van der Waals surface area (Å²) in [6.45, 7) is 7.01. The van der Waals surface area contributed by atoms with Gasteiger partial charge in [0.05, 0.1) is 0 Å². The first-order valence-corrected chi connectivity index (χ1v) is 6.39. The Hall–Kier alpha value is -0.0400. The van der Waals surface area contributed by atoms with Gasteiger partial charge in [0, 0.05) is 6.04 Å². The molecule has 0 heterocycles. The van der Waals surface area contributed by atoms with E-state index < -0.39 is 0 Å². The van der Waals surface area contributed by atoms with Crippen LogP contribution in [0.2, 0.25) is 0 Å². The van der Waals surface area contributed by atoms with Crippen LogP contribution in [0, 0.1) is 17.8 Å². The Bertz CT molecular complexity index is 155. The van der Waals surface area contributed by atoms with Crippen LogP contribution in [0.25, 0.3) is 0 Å². The number of hydrogen-bond acceptors (Lipinski definition) is 1. The lowest BCUT2D eigenvalue weighted by molar-refractivity contribution is 0.195. The van der Waals surface area contributed by atoms with E-state index >= 15 is 0 Å². The second kappa shape index (κ2) is 5.75. The smallest absolute Gasteiger partial charge is 0.00363 e. The van der Waals surface area contributed by atoms with Crippen molar-refractivity contribution in [1.29, 1.82) is 0 Å². The Morgan fingerprint density at radius 3 is 2.50 bits per heavy atom. The van der Waals surface area contributed by atoms with E-state index in [9.17, 15) is 0 Å². The van der Waals surface area contributed by atoms with E-state index in [1.165, 1.54) is 32.1 Å². The molecule has 0 spiro atoms. The van der Waals surface area contributed by atoms with Gasteiger partial charge in [0.15, 0.2) is 0 Å². The molecule has 0 bridgehead atoms. The van der Waals surface area contributed by atoms with Crippen LogP contribution in [0.3, 0.4) is 0 Å². The molecule has 0 aliphatic heterocycles. The van der Waals surface area contributed by atoms with E-state index in [0.29, 0.717) is 6.04 Å². The van der Waals surface area contributed by atoms with Gasteiger partial charge in [-0.3, -0.25) is 0 Å². The summed E-state index contributed by atoms with van der Waals surface area (Å²) < 4.78 is 0. The Balaban J connectivity index is 2.20. The van der Waals surface area contributed by atoms with Crippen LogP contribution in [-0.2, 0) is 0 Å². The van der Waals surface area contributed by atoms with Gasteiger partial charge in [0.1, 0.15) is 0 Å². The van der Waals surface area contributed by atoms with Gasteiger partial charge in [-0.05, 0) is 43.4 Å². The zero-order valence-electron chi connectivity index (χ0n) is 10.1. The van der Waals surface area contributed by atoms with E-state index in [0.717, 1.165) is 24.2 Å². The van der Waals surface area contributed by atoms with Crippen LogP contribution in [0.1, 0.15) is 59.3 Å². The molecule has 1 fully saturated rings. The third kappa shape index (κ3) is 3.61. The van der Waals surface area contributed by atoms with Gasteiger partial charge in [-0.15, -0.1) is 0 Å². The van der Waals surface area contributed by atoms with E-state index in [1.807, 2.05) is 0 Å². The summed E-state index contributed by atoms with van der Waals surface area (Å²) in [7, 11) is 0. The maximum absolute atomic E-state index is 5.95. The molecule has 4 atom stereocenters. The molecule has 4 unspecified atom stereocenters. The predicted octanol–water partition coefficient (Wildman–Crippen LogP) is 3.58. The Morgan fingerprint density at radius 1 is 1.21 bits per heavy atom. The average Bonchev–Trinajstić information content (AvgIpc) is 2.19. The molecular weight excluding hydrogens is 170 g/mol. The highest BCUT2D eigenvalue weighted by Crippen LogP contribution is 2.35. The van der Waals surface area contributed by atoms with Crippen LogP contribution in [0.5, 0.6) is 0 Å². The van der Waals surface area contributed by atoms with Crippen molar-refractivity contribution in [2.75, 3.05) is 0 Å². The van der Waals surface area contributed by atoms with E-state index in [1.54, 1.807) is 0 Å².